The van der Waals surface area contributed by atoms with Gasteiger partial charge in [0.1, 0.15) is 23.7 Å². The third-order valence-corrected chi connectivity index (χ3v) is 13.9. The summed E-state index contributed by atoms with van der Waals surface area (Å²) in [6.45, 7) is 12.6. The van der Waals surface area contributed by atoms with Gasteiger partial charge < -0.3 is 39.5 Å². The van der Waals surface area contributed by atoms with Gasteiger partial charge in [0.2, 0.25) is 5.79 Å². The summed E-state index contributed by atoms with van der Waals surface area (Å²) in [6, 6.07) is -1.14. The molecule has 2 saturated heterocycles. The van der Waals surface area contributed by atoms with E-state index in [1.165, 1.54) is 4.90 Å². The minimum Gasteiger partial charge on any atom is -0.460 e. The van der Waals surface area contributed by atoms with Crippen molar-refractivity contribution in [3.63, 3.8) is 0 Å². The van der Waals surface area contributed by atoms with Crippen molar-refractivity contribution < 1.29 is 58.6 Å². The molecule has 1 saturated carbocycles. The van der Waals surface area contributed by atoms with Crippen LogP contribution in [-0.4, -0.2) is 117 Å². The molecule has 3 aliphatic heterocycles. The second-order valence-electron chi connectivity index (χ2n) is 19.1. The smallest absolute Gasteiger partial charge is 0.329 e. The molecule has 4 aliphatic rings. The molecular formula is C49H75NO12. The first-order valence-corrected chi connectivity index (χ1v) is 23.0. The van der Waals surface area contributed by atoms with Crippen molar-refractivity contribution in [1.82, 2.24) is 4.90 Å². The van der Waals surface area contributed by atoms with E-state index in [1.807, 2.05) is 39.0 Å². The molecule has 13 heteroatoms. The second kappa shape index (κ2) is 23.6. The van der Waals surface area contributed by atoms with Crippen LogP contribution in [-0.2, 0) is 38.2 Å². The number of aliphatic hydroxyl groups is 4. The zero-order valence-electron chi connectivity index (χ0n) is 38.4. The van der Waals surface area contributed by atoms with Crippen molar-refractivity contribution in [2.45, 2.75) is 180 Å². The predicted octanol–water partition coefficient (Wildman–Crippen LogP) is 5.90. The van der Waals surface area contributed by atoms with Crippen molar-refractivity contribution in [1.29, 1.82) is 0 Å². The van der Waals surface area contributed by atoms with E-state index in [0.717, 1.165) is 6.42 Å². The SMILES string of the molecule is CO[C@@H]1C[C@@H](C[C@@H](C)[C@@H]2CC(=O)[C@H](C)/C=C(\C)[C@@H](O)CC(=O)[C@H](C)C[C@H](C)/C=C/C=C/C=C(\C)[C@@H](O)C[C@@H]3CC[C@@H](C)[C@@](O)(O3)C(=O)C(=O)N3CCCC[C@H]3C(=O)O2)CC[C@H]1O. The first-order valence-electron chi connectivity index (χ1n) is 23.0. The number of ketones is 3. The molecule has 4 N–H and O–H groups in total. The Labute approximate surface area is 369 Å². The zero-order chi connectivity index (χ0) is 45.9. The molecule has 14 atom stereocenters. The predicted molar refractivity (Wildman–Crippen MR) is 234 cm³/mol. The number of fused-ring (bicyclic) bond motifs is 3. The summed E-state index contributed by atoms with van der Waals surface area (Å²) >= 11 is 0. The maximum absolute atomic E-state index is 14.3. The van der Waals surface area contributed by atoms with Gasteiger partial charge in [0.25, 0.3) is 11.7 Å². The van der Waals surface area contributed by atoms with Gasteiger partial charge in [-0.2, -0.15) is 0 Å². The number of amides is 1. The summed E-state index contributed by atoms with van der Waals surface area (Å²) < 4.78 is 17.8. The summed E-state index contributed by atoms with van der Waals surface area (Å²) in [4.78, 5) is 70.8. The Kier molecular flexibility index (Phi) is 19.5. The molecule has 348 valence electrons. The quantitative estimate of drug-likeness (QED) is 0.149. The number of hydrogen-bond donors (Lipinski definition) is 4. The van der Waals surface area contributed by atoms with Crippen molar-refractivity contribution in [2.75, 3.05) is 13.7 Å². The molecule has 13 nitrogen and oxygen atoms in total. The molecule has 4 rings (SSSR count). The number of rotatable bonds is 4. The largest absolute Gasteiger partial charge is 0.460 e. The lowest BCUT2D eigenvalue weighted by molar-refractivity contribution is -0.265. The third-order valence-electron chi connectivity index (χ3n) is 13.9. The van der Waals surface area contributed by atoms with Gasteiger partial charge >= 0.3 is 5.97 Å². The number of cyclic esters (lactones) is 1. The Morgan fingerprint density at radius 3 is 2.27 bits per heavy atom. The van der Waals surface area contributed by atoms with E-state index >= 15 is 0 Å². The van der Waals surface area contributed by atoms with Crippen LogP contribution >= 0.6 is 0 Å². The van der Waals surface area contributed by atoms with Crippen LogP contribution in [0.25, 0.3) is 0 Å². The fourth-order valence-corrected chi connectivity index (χ4v) is 9.51. The van der Waals surface area contributed by atoms with Crippen LogP contribution in [0.3, 0.4) is 0 Å². The maximum Gasteiger partial charge on any atom is 0.329 e. The average molecular weight is 870 g/mol. The number of esters is 1. The Bertz CT molecular complexity index is 1690. The van der Waals surface area contributed by atoms with E-state index in [1.54, 1.807) is 53.0 Å². The fraction of sp³-hybridized carbons (Fsp3) is 0.735. The number of methoxy groups -OCH3 is 1. The molecule has 0 aromatic rings. The van der Waals surface area contributed by atoms with Crippen molar-refractivity contribution in [3.05, 3.63) is 47.6 Å². The average Bonchev–Trinajstić information content (AvgIpc) is 3.23. The lowest BCUT2D eigenvalue weighted by atomic mass is 9.78. The first kappa shape index (κ1) is 51.3. The minimum absolute atomic E-state index is 0.0622. The van der Waals surface area contributed by atoms with E-state index in [4.69, 9.17) is 14.2 Å². The lowest BCUT2D eigenvalue weighted by Gasteiger charge is -2.42. The molecule has 3 heterocycles. The molecule has 1 aliphatic carbocycles. The third kappa shape index (κ3) is 13.8. The Morgan fingerprint density at radius 2 is 1.56 bits per heavy atom. The van der Waals surface area contributed by atoms with Crippen LogP contribution in [0.15, 0.2) is 47.6 Å². The van der Waals surface area contributed by atoms with E-state index in [0.29, 0.717) is 62.5 Å². The van der Waals surface area contributed by atoms with E-state index in [2.05, 4.69) is 0 Å². The number of nitrogens with zero attached hydrogens (tertiary/aromatic N) is 1. The van der Waals surface area contributed by atoms with Gasteiger partial charge in [-0.3, -0.25) is 19.2 Å². The number of aliphatic hydroxyl groups excluding tert-OH is 3. The molecule has 0 aromatic carbocycles. The molecule has 1 amide bonds. The fourth-order valence-electron chi connectivity index (χ4n) is 9.51. The van der Waals surface area contributed by atoms with Crippen LogP contribution in [0.2, 0.25) is 0 Å². The van der Waals surface area contributed by atoms with Gasteiger partial charge in [0.05, 0.1) is 30.5 Å². The van der Waals surface area contributed by atoms with Gasteiger partial charge in [0.15, 0.2) is 0 Å². The van der Waals surface area contributed by atoms with Crippen molar-refractivity contribution in [3.8, 4) is 0 Å². The number of Topliss-reactive ketones (excluding diaryl/α,β-unsaturated/α-hetero) is 3. The first-order chi connectivity index (χ1) is 29.2. The van der Waals surface area contributed by atoms with Gasteiger partial charge in [-0.25, -0.2) is 4.79 Å². The van der Waals surface area contributed by atoms with Crippen LogP contribution < -0.4 is 0 Å². The topological polar surface area (TPSA) is 197 Å². The van der Waals surface area contributed by atoms with E-state index < -0.39 is 71.8 Å². The van der Waals surface area contributed by atoms with Gasteiger partial charge in [0, 0.05) is 50.7 Å². The van der Waals surface area contributed by atoms with E-state index in [9.17, 15) is 44.4 Å². The van der Waals surface area contributed by atoms with Crippen molar-refractivity contribution in [2.24, 2.45) is 35.5 Å². The summed E-state index contributed by atoms with van der Waals surface area (Å²) in [7, 11) is 1.56. The molecule has 2 bridgehead atoms. The van der Waals surface area contributed by atoms with E-state index in [-0.39, 0.29) is 73.6 Å². The Morgan fingerprint density at radius 1 is 0.839 bits per heavy atom. The second-order valence-corrected chi connectivity index (χ2v) is 19.1. The monoisotopic (exact) mass is 870 g/mol. The number of allylic oxidation sites excluding steroid dienone is 6. The Balaban J connectivity index is 1.66. The number of carbonyl (C=O) groups excluding carboxylic acids is 5. The number of piperidine rings is 1. The summed E-state index contributed by atoms with van der Waals surface area (Å²) in [5.41, 5.74) is 1.12. The molecule has 0 unspecified atom stereocenters. The molecule has 3 fully saturated rings. The highest BCUT2D eigenvalue weighted by molar-refractivity contribution is 6.39. The highest BCUT2D eigenvalue weighted by Gasteiger charge is 2.53. The molecule has 0 radical (unpaired) electrons. The summed E-state index contributed by atoms with van der Waals surface area (Å²) in [5, 5.41) is 44.4. The highest BCUT2D eigenvalue weighted by atomic mass is 16.6. The van der Waals surface area contributed by atoms with Crippen LogP contribution in [0, 0.1) is 35.5 Å². The van der Waals surface area contributed by atoms with Gasteiger partial charge in [-0.05, 0) is 107 Å². The highest BCUT2D eigenvalue weighted by Crippen LogP contribution is 2.37. The molecular weight excluding hydrogens is 795 g/mol. The normalized spacial score (nSPS) is 40.6. The summed E-state index contributed by atoms with van der Waals surface area (Å²) in [6.07, 6.45) is 11.3. The Hall–Kier alpha value is -3.33. The standard InChI is InChI=1S/C49H75NO12/c1-29-14-10-9-11-15-30(2)40(52)26-37-19-17-35(7)49(59,62-37)46(56)47(57)50-21-13-12-16-38(50)48(58)61-44(34(6)24-36-18-20-39(51)45(25-36)60-8)28-43(55)33(5)23-32(4)42(54)27-41(53)31(3)22-29/h9-11,14-15,23,29,31,33-40,42,44-45,51-52,54,59H,12-13,16-22,24-28H2,1-8H3/b11-9+,14-10+,30-15+,32-23+/t29-,31-,33-,34-,35-,36-,37+,38+,39-,40+,42+,44+,45-,49-/m1/s1. The van der Waals surface area contributed by atoms with Crippen molar-refractivity contribution >= 4 is 29.2 Å². The number of ether oxygens (including phenoxy) is 3. The maximum atomic E-state index is 14.3. The van der Waals surface area contributed by atoms with Crippen LogP contribution in [0.4, 0.5) is 0 Å². The van der Waals surface area contributed by atoms with Crippen LogP contribution in [0.5, 0.6) is 0 Å². The lowest BCUT2D eigenvalue weighted by Crippen LogP contribution is -2.61. The van der Waals surface area contributed by atoms with Gasteiger partial charge in [-0.15, -0.1) is 0 Å². The number of hydrogen-bond acceptors (Lipinski definition) is 12. The zero-order valence-corrected chi connectivity index (χ0v) is 38.4. The number of carbonyl (C=O) groups is 5. The minimum atomic E-state index is -2.47. The molecule has 0 aromatic heterocycles. The van der Waals surface area contributed by atoms with Gasteiger partial charge in [-0.1, -0.05) is 71.1 Å². The molecule has 0 spiro atoms. The van der Waals surface area contributed by atoms with Crippen LogP contribution in [0.1, 0.15) is 132 Å². The summed E-state index contributed by atoms with van der Waals surface area (Å²) in [5.74, 6) is -7.65. The molecule has 62 heavy (non-hydrogen) atoms.